The molecule has 144 valence electrons. The molecule has 9 nitrogen and oxygen atoms in total. The average Bonchev–Trinajstić information content (AvgIpc) is 2.84. The van der Waals surface area contributed by atoms with Crippen LogP contribution in [0.1, 0.15) is 42.6 Å². The van der Waals surface area contributed by atoms with Crippen molar-refractivity contribution >= 4 is 17.6 Å². The van der Waals surface area contributed by atoms with Crippen molar-refractivity contribution in [2.24, 2.45) is 0 Å². The Balaban J connectivity index is 1.85. The van der Waals surface area contributed by atoms with Crippen molar-refractivity contribution in [2.75, 3.05) is 18.4 Å². The lowest BCUT2D eigenvalue weighted by Gasteiger charge is -2.19. The van der Waals surface area contributed by atoms with Gasteiger partial charge in [0.15, 0.2) is 0 Å². The van der Waals surface area contributed by atoms with Gasteiger partial charge in [0, 0.05) is 30.4 Å². The molecule has 2 N–H and O–H groups in total. The Kier molecular flexibility index (Phi) is 5.38. The van der Waals surface area contributed by atoms with Gasteiger partial charge in [-0.2, -0.15) is 9.78 Å². The molecule has 0 aliphatic carbocycles. The largest absolute Gasteiger partial charge is 0.334 e. The molecular formula is C18H24N6O3. The van der Waals surface area contributed by atoms with Gasteiger partial charge in [-0.3, -0.25) is 19.4 Å². The Morgan fingerprint density at radius 1 is 1.11 bits per heavy atom. The zero-order valence-corrected chi connectivity index (χ0v) is 15.8. The first-order valence-corrected chi connectivity index (χ1v) is 9.11. The first-order valence-electron chi connectivity index (χ1n) is 9.11. The van der Waals surface area contributed by atoms with E-state index in [0.717, 1.165) is 25.7 Å². The highest BCUT2D eigenvalue weighted by molar-refractivity contribution is 6.39. The zero-order valence-electron chi connectivity index (χ0n) is 15.8. The van der Waals surface area contributed by atoms with Crippen LogP contribution in [-0.4, -0.2) is 49.6 Å². The van der Waals surface area contributed by atoms with Crippen molar-refractivity contribution in [3.8, 4) is 5.95 Å². The van der Waals surface area contributed by atoms with Crippen molar-refractivity contribution in [3.05, 3.63) is 33.4 Å². The molecule has 27 heavy (non-hydrogen) atoms. The maximum atomic E-state index is 12.5. The highest BCUT2D eigenvalue weighted by atomic mass is 16.2. The monoisotopic (exact) mass is 372 g/mol. The predicted octanol–water partition coefficient (Wildman–Crippen LogP) is 1.22. The summed E-state index contributed by atoms with van der Waals surface area (Å²) in [5.41, 5.74) is 1.43. The van der Waals surface area contributed by atoms with Crippen LogP contribution in [0.15, 0.2) is 10.9 Å². The van der Waals surface area contributed by atoms with E-state index in [1.807, 2.05) is 0 Å². The Bertz CT molecular complexity index is 922. The first kappa shape index (κ1) is 18.8. The minimum Gasteiger partial charge on any atom is -0.334 e. The Labute approximate surface area is 156 Å². The summed E-state index contributed by atoms with van der Waals surface area (Å²) < 4.78 is 1.33. The molecule has 0 radical (unpaired) electrons. The number of nitrogens with zero attached hydrogens (tertiary/aromatic N) is 4. The summed E-state index contributed by atoms with van der Waals surface area (Å²) in [6, 6.07) is 1.63. The predicted molar refractivity (Wildman–Crippen MR) is 99.9 cm³/mol. The van der Waals surface area contributed by atoms with E-state index < -0.39 is 11.8 Å². The molecular weight excluding hydrogens is 348 g/mol. The SMILES string of the molecule is Cc1cc(NC(=O)C(=O)N2CCCCCC2)n(-c2nc(C)c(C)c(=O)[nH]2)n1. The number of hydrogen-bond acceptors (Lipinski definition) is 5. The number of rotatable bonds is 2. The number of amides is 2. The molecule has 0 bridgehead atoms. The molecule has 1 fully saturated rings. The normalized spacial score (nSPS) is 14.7. The molecule has 0 aromatic carbocycles. The quantitative estimate of drug-likeness (QED) is 0.770. The van der Waals surface area contributed by atoms with Crippen molar-refractivity contribution in [1.82, 2.24) is 24.6 Å². The summed E-state index contributed by atoms with van der Waals surface area (Å²) in [4.78, 5) is 45.5. The Morgan fingerprint density at radius 3 is 2.41 bits per heavy atom. The van der Waals surface area contributed by atoms with Crippen molar-refractivity contribution in [3.63, 3.8) is 0 Å². The number of aryl methyl sites for hydroxylation is 2. The van der Waals surface area contributed by atoms with Crippen LogP contribution >= 0.6 is 0 Å². The number of likely N-dealkylation sites (tertiary alicyclic amines) is 1. The number of anilines is 1. The van der Waals surface area contributed by atoms with Crippen LogP contribution in [0.4, 0.5) is 5.82 Å². The fraction of sp³-hybridized carbons (Fsp3) is 0.500. The Hall–Kier alpha value is -2.97. The van der Waals surface area contributed by atoms with E-state index in [2.05, 4.69) is 20.4 Å². The summed E-state index contributed by atoms with van der Waals surface area (Å²) >= 11 is 0. The van der Waals surface area contributed by atoms with Crippen LogP contribution in [-0.2, 0) is 9.59 Å². The average molecular weight is 372 g/mol. The highest BCUT2D eigenvalue weighted by Gasteiger charge is 2.24. The number of aromatic nitrogens is 4. The molecule has 0 unspecified atom stereocenters. The van der Waals surface area contributed by atoms with Crippen LogP contribution in [0.3, 0.4) is 0 Å². The second-order valence-electron chi connectivity index (χ2n) is 6.84. The molecule has 3 heterocycles. The molecule has 2 aromatic rings. The lowest BCUT2D eigenvalue weighted by molar-refractivity contribution is -0.143. The number of carbonyl (C=O) groups is 2. The lowest BCUT2D eigenvalue weighted by atomic mass is 10.2. The molecule has 0 atom stereocenters. The number of carbonyl (C=O) groups excluding carboxylic acids is 2. The second kappa shape index (κ2) is 7.73. The molecule has 9 heteroatoms. The molecule has 1 saturated heterocycles. The van der Waals surface area contributed by atoms with E-state index in [0.29, 0.717) is 30.0 Å². The summed E-state index contributed by atoms with van der Waals surface area (Å²) in [6.45, 7) is 6.35. The third-order valence-corrected chi connectivity index (χ3v) is 4.74. The fourth-order valence-electron chi connectivity index (χ4n) is 3.07. The third kappa shape index (κ3) is 4.07. The first-order chi connectivity index (χ1) is 12.9. The van der Waals surface area contributed by atoms with Gasteiger partial charge in [0.2, 0.25) is 5.95 Å². The second-order valence-corrected chi connectivity index (χ2v) is 6.84. The van der Waals surface area contributed by atoms with Gasteiger partial charge in [-0.1, -0.05) is 12.8 Å². The third-order valence-electron chi connectivity index (χ3n) is 4.74. The maximum Gasteiger partial charge on any atom is 0.315 e. The van der Waals surface area contributed by atoms with Gasteiger partial charge in [0.25, 0.3) is 5.56 Å². The van der Waals surface area contributed by atoms with Crippen LogP contribution in [0.2, 0.25) is 0 Å². The zero-order chi connectivity index (χ0) is 19.6. The molecule has 0 spiro atoms. The number of hydrogen-bond donors (Lipinski definition) is 2. The van der Waals surface area contributed by atoms with Crippen LogP contribution < -0.4 is 10.9 Å². The minimum atomic E-state index is -0.718. The van der Waals surface area contributed by atoms with E-state index >= 15 is 0 Å². The molecule has 1 aliphatic rings. The van der Waals surface area contributed by atoms with Gasteiger partial charge < -0.3 is 10.2 Å². The maximum absolute atomic E-state index is 12.5. The van der Waals surface area contributed by atoms with Gasteiger partial charge in [0.05, 0.1) is 5.69 Å². The summed E-state index contributed by atoms with van der Waals surface area (Å²) in [5, 5.41) is 6.89. The van der Waals surface area contributed by atoms with E-state index in [9.17, 15) is 14.4 Å². The van der Waals surface area contributed by atoms with Crippen LogP contribution in [0.5, 0.6) is 0 Å². The lowest BCUT2D eigenvalue weighted by Crippen LogP contribution is -2.40. The molecule has 0 saturated carbocycles. The van der Waals surface area contributed by atoms with Crippen LogP contribution in [0, 0.1) is 20.8 Å². The molecule has 2 amide bonds. The summed E-state index contributed by atoms with van der Waals surface area (Å²) in [7, 11) is 0. The molecule has 1 aliphatic heterocycles. The number of aromatic amines is 1. The van der Waals surface area contributed by atoms with Crippen molar-refractivity contribution in [1.29, 1.82) is 0 Å². The standard InChI is InChI=1S/C18H24N6O3/c1-11-10-14(20-16(26)17(27)23-8-6-4-5-7-9-23)24(22-11)18-19-13(3)12(2)15(25)21-18/h10H,4-9H2,1-3H3,(H,20,26)(H,19,21,25). The van der Waals surface area contributed by atoms with Crippen molar-refractivity contribution in [2.45, 2.75) is 46.5 Å². The summed E-state index contributed by atoms with van der Waals surface area (Å²) in [6.07, 6.45) is 3.96. The van der Waals surface area contributed by atoms with E-state index in [1.54, 1.807) is 31.7 Å². The van der Waals surface area contributed by atoms with Crippen molar-refractivity contribution < 1.29 is 9.59 Å². The van der Waals surface area contributed by atoms with Crippen LogP contribution in [0.25, 0.3) is 5.95 Å². The van der Waals surface area contributed by atoms with E-state index in [-0.39, 0.29) is 17.3 Å². The fourth-order valence-corrected chi connectivity index (χ4v) is 3.07. The Morgan fingerprint density at radius 2 is 1.78 bits per heavy atom. The van der Waals surface area contributed by atoms with Gasteiger partial charge in [-0.15, -0.1) is 0 Å². The van der Waals surface area contributed by atoms with E-state index in [1.165, 1.54) is 4.68 Å². The highest BCUT2D eigenvalue weighted by Crippen LogP contribution is 2.15. The molecule has 2 aromatic heterocycles. The number of H-pyrrole nitrogens is 1. The molecule has 3 rings (SSSR count). The topological polar surface area (TPSA) is 113 Å². The smallest absolute Gasteiger partial charge is 0.315 e. The number of nitrogens with one attached hydrogen (secondary N) is 2. The minimum absolute atomic E-state index is 0.189. The van der Waals surface area contributed by atoms with Gasteiger partial charge >= 0.3 is 11.8 Å². The van der Waals surface area contributed by atoms with E-state index in [4.69, 9.17) is 0 Å². The van der Waals surface area contributed by atoms with Gasteiger partial charge in [-0.25, -0.2) is 4.98 Å². The van der Waals surface area contributed by atoms with Gasteiger partial charge in [-0.05, 0) is 33.6 Å². The summed E-state index contributed by atoms with van der Waals surface area (Å²) in [5.74, 6) is -0.797. The van der Waals surface area contributed by atoms with Gasteiger partial charge in [0.1, 0.15) is 5.82 Å².